The zero-order valence-corrected chi connectivity index (χ0v) is 15.8. The normalized spacial score (nSPS) is 13.9. The molecule has 2 amide bonds. The third kappa shape index (κ3) is 4.69. The first kappa shape index (κ1) is 19.5. The molecular weight excluding hydrogens is 378 g/mol. The van der Waals surface area contributed by atoms with Gasteiger partial charge in [-0.2, -0.15) is 5.26 Å². The lowest BCUT2D eigenvalue weighted by Gasteiger charge is -2.14. The highest BCUT2D eigenvalue weighted by Crippen LogP contribution is 2.31. The standard InChI is InChI=1S/C20H17N3O4S/c1-12(19(25)22-15-4-2-3-13(9-15)11-21)27-20(26)14-5-6-17-16(10-14)23-18(24)7-8-28-17/h2-6,9-10,12H,7-8H2,1H3,(H,22,25)(H,23,24)/t12-/m1/s1. The zero-order valence-electron chi connectivity index (χ0n) is 15.0. The molecule has 0 spiro atoms. The van der Waals surface area contributed by atoms with Gasteiger partial charge in [0.15, 0.2) is 6.10 Å². The molecule has 0 saturated heterocycles. The topological polar surface area (TPSA) is 108 Å². The van der Waals surface area contributed by atoms with Crippen LogP contribution in [-0.4, -0.2) is 29.6 Å². The maximum absolute atomic E-state index is 12.4. The number of amides is 2. The van der Waals surface area contributed by atoms with Crippen LogP contribution in [0, 0.1) is 11.3 Å². The number of carbonyl (C=O) groups is 3. The number of rotatable bonds is 4. The first-order valence-electron chi connectivity index (χ1n) is 8.55. The summed E-state index contributed by atoms with van der Waals surface area (Å²) < 4.78 is 5.24. The van der Waals surface area contributed by atoms with Crippen molar-refractivity contribution in [3.8, 4) is 6.07 Å². The van der Waals surface area contributed by atoms with Gasteiger partial charge in [0.05, 0.1) is 22.9 Å². The van der Waals surface area contributed by atoms with Crippen LogP contribution in [0.5, 0.6) is 0 Å². The van der Waals surface area contributed by atoms with Crippen LogP contribution >= 0.6 is 11.8 Å². The molecule has 0 aromatic heterocycles. The molecule has 1 heterocycles. The van der Waals surface area contributed by atoms with E-state index >= 15 is 0 Å². The summed E-state index contributed by atoms with van der Waals surface area (Å²) in [5.41, 5.74) is 1.66. The molecule has 28 heavy (non-hydrogen) atoms. The predicted molar refractivity (Wildman–Crippen MR) is 105 cm³/mol. The Hall–Kier alpha value is -3.31. The smallest absolute Gasteiger partial charge is 0.338 e. The first-order chi connectivity index (χ1) is 13.5. The number of ether oxygens (including phenoxy) is 1. The number of nitrogens with zero attached hydrogens (tertiary/aromatic N) is 1. The molecule has 2 aromatic rings. The third-order valence-corrected chi connectivity index (χ3v) is 5.06. The van der Waals surface area contributed by atoms with E-state index in [4.69, 9.17) is 10.00 Å². The van der Waals surface area contributed by atoms with Crippen LogP contribution in [0.15, 0.2) is 47.4 Å². The summed E-state index contributed by atoms with van der Waals surface area (Å²) in [6.45, 7) is 1.46. The fourth-order valence-corrected chi connectivity index (χ4v) is 3.48. The minimum atomic E-state index is -1.04. The number of nitrogens with one attached hydrogen (secondary N) is 2. The molecule has 2 aromatic carbocycles. The second kappa shape index (κ2) is 8.59. The summed E-state index contributed by atoms with van der Waals surface area (Å²) in [5, 5.41) is 14.3. The van der Waals surface area contributed by atoms with Gasteiger partial charge in [-0.3, -0.25) is 9.59 Å². The number of hydrogen-bond acceptors (Lipinski definition) is 6. The maximum Gasteiger partial charge on any atom is 0.338 e. The Morgan fingerprint density at radius 2 is 2.11 bits per heavy atom. The molecule has 1 aliphatic heterocycles. The van der Waals surface area contributed by atoms with Crippen LogP contribution in [0.4, 0.5) is 11.4 Å². The molecule has 1 aliphatic rings. The molecule has 1 atom stereocenters. The Labute approximate surface area is 166 Å². The number of benzene rings is 2. The van der Waals surface area contributed by atoms with E-state index in [1.165, 1.54) is 24.8 Å². The Bertz CT molecular complexity index is 984. The van der Waals surface area contributed by atoms with Gasteiger partial charge in [-0.25, -0.2) is 4.79 Å². The predicted octanol–water partition coefficient (Wildman–Crippen LogP) is 3.18. The fraction of sp³-hybridized carbons (Fsp3) is 0.200. The SMILES string of the molecule is C[C@@H](OC(=O)c1ccc2c(c1)NC(=O)CCS2)C(=O)Nc1cccc(C#N)c1. The Morgan fingerprint density at radius 3 is 2.89 bits per heavy atom. The van der Waals surface area contributed by atoms with Gasteiger partial charge in [0, 0.05) is 22.8 Å². The maximum atomic E-state index is 12.4. The van der Waals surface area contributed by atoms with Crippen molar-refractivity contribution in [3.05, 3.63) is 53.6 Å². The summed E-state index contributed by atoms with van der Waals surface area (Å²) in [7, 11) is 0. The van der Waals surface area contributed by atoms with Gasteiger partial charge in [0.2, 0.25) is 5.91 Å². The van der Waals surface area contributed by atoms with Gasteiger partial charge in [-0.15, -0.1) is 11.8 Å². The highest BCUT2D eigenvalue weighted by Gasteiger charge is 2.21. The molecule has 0 saturated carbocycles. The van der Waals surface area contributed by atoms with Crippen molar-refractivity contribution in [2.75, 3.05) is 16.4 Å². The highest BCUT2D eigenvalue weighted by molar-refractivity contribution is 7.99. The summed E-state index contributed by atoms with van der Waals surface area (Å²) in [5.74, 6) is -0.613. The van der Waals surface area contributed by atoms with E-state index in [9.17, 15) is 14.4 Å². The first-order valence-corrected chi connectivity index (χ1v) is 9.53. The molecule has 0 bridgehead atoms. The molecule has 8 heteroatoms. The third-order valence-electron chi connectivity index (χ3n) is 3.99. The Morgan fingerprint density at radius 1 is 1.29 bits per heavy atom. The Kier molecular flexibility index (Phi) is 5.96. The van der Waals surface area contributed by atoms with Crippen molar-refractivity contribution < 1.29 is 19.1 Å². The number of hydrogen-bond donors (Lipinski definition) is 2. The van der Waals surface area contributed by atoms with E-state index in [-0.39, 0.29) is 11.5 Å². The highest BCUT2D eigenvalue weighted by atomic mass is 32.2. The van der Waals surface area contributed by atoms with Crippen LogP contribution in [0.3, 0.4) is 0 Å². The van der Waals surface area contributed by atoms with Crippen molar-refractivity contribution in [2.24, 2.45) is 0 Å². The van der Waals surface area contributed by atoms with E-state index in [0.717, 1.165) is 4.90 Å². The van der Waals surface area contributed by atoms with Crippen molar-refractivity contribution >= 4 is 40.9 Å². The lowest BCUT2D eigenvalue weighted by molar-refractivity contribution is -0.123. The minimum Gasteiger partial charge on any atom is -0.449 e. The summed E-state index contributed by atoms with van der Waals surface area (Å²) >= 11 is 1.53. The van der Waals surface area contributed by atoms with Crippen molar-refractivity contribution in [2.45, 2.75) is 24.3 Å². The Balaban J connectivity index is 1.66. The summed E-state index contributed by atoms with van der Waals surface area (Å²) in [6.07, 6.45) is -0.635. The van der Waals surface area contributed by atoms with Crippen molar-refractivity contribution in [3.63, 3.8) is 0 Å². The van der Waals surface area contributed by atoms with Crippen molar-refractivity contribution in [1.82, 2.24) is 0 Å². The van der Waals surface area contributed by atoms with Crippen LogP contribution < -0.4 is 10.6 Å². The van der Waals surface area contributed by atoms with Crippen LogP contribution in [-0.2, 0) is 14.3 Å². The minimum absolute atomic E-state index is 0.107. The summed E-state index contributed by atoms with van der Waals surface area (Å²) in [4.78, 5) is 37.2. The van der Waals surface area contributed by atoms with Gasteiger partial charge < -0.3 is 15.4 Å². The van der Waals surface area contributed by atoms with E-state index < -0.39 is 18.0 Å². The van der Waals surface area contributed by atoms with Gasteiger partial charge in [0.1, 0.15) is 0 Å². The molecule has 142 valence electrons. The molecule has 0 radical (unpaired) electrons. The fourth-order valence-electron chi connectivity index (χ4n) is 2.54. The van der Waals surface area contributed by atoms with Crippen LogP contribution in [0.2, 0.25) is 0 Å². The summed E-state index contributed by atoms with van der Waals surface area (Å²) in [6, 6.07) is 13.3. The number of fused-ring (bicyclic) bond motifs is 1. The zero-order chi connectivity index (χ0) is 20.1. The molecule has 0 unspecified atom stereocenters. The van der Waals surface area contributed by atoms with E-state index in [1.807, 2.05) is 6.07 Å². The van der Waals surface area contributed by atoms with Gasteiger partial charge in [0.25, 0.3) is 5.91 Å². The lowest BCUT2D eigenvalue weighted by atomic mass is 10.2. The largest absolute Gasteiger partial charge is 0.449 e. The quantitative estimate of drug-likeness (QED) is 0.770. The molecule has 3 rings (SSSR count). The molecule has 2 N–H and O–H groups in total. The lowest BCUT2D eigenvalue weighted by Crippen LogP contribution is -2.30. The number of carbonyl (C=O) groups excluding carboxylic acids is 3. The van der Waals surface area contributed by atoms with Crippen LogP contribution in [0.25, 0.3) is 0 Å². The molecule has 0 fully saturated rings. The van der Waals surface area contributed by atoms with Gasteiger partial charge in [-0.1, -0.05) is 6.07 Å². The van der Waals surface area contributed by atoms with Gasteiger partial charge >= 0.3 is 5.97 Å². The van der Waals surface area contributed by atoms with E-state index in [1.54, 1.807) is 36.4 Å². The monoisotopic (exact) mass is 395 g/mol. The second-order valence-corrected chi connectivity index (χ2v) is 7.22. The average molecular weight is 395 g/mol. The van der Waals surface area contributed by atoms with E-state index in [2.05, 4.69) is 10.6 Å². The number of nitriles is 1. The van der Waals surface area contributed by atoms with E-state index in [0.29, 0.717) is 29.1 Å². The van der Waals surface area contributed by atoms with Crippen molar-refractivity contribution in [1.29, 1.82) is 5.26 Å². The molecular formula is C20H17N3O4S. The van der Waals surface area contributed by atoms with Gasteiger partial charge in [-0.05, 0) is 43.3 Å². The number of esters is 1. The molecule has 0 aliphatic carbocycles. The number of anilines is 2. The molecule has 7 nitrogen and oxygen atoms in total. The van der Waals surface area contributed by atoms with Crippen LogP contribution in [0.1, 0.15) is 29.3 Å². The average Bonchev–Trinajstić information content (AvgIpc) is 2.87. The second-order valence-electron chi connectivity index (χ2n) is 6.09. The number of thioether (sulfide) groups is 1.